The summed E-state index contributed by atoms with van der Waals surface area (Å²) in [6.45, 7) is 14.0. The summed E-state index contributed by atoms with van der Waals surface area (Å²) in [5.74, 6) is -0.205. The molecule has 1 aliphatic carbocycles. The fraction of sp³-hybridized carbons (Fsp3) is 0.452. The summed E-state index contributed by atoms with van der Waals surface area (Å²) in [6, 6.07) is 8.92. The molecule has 1 saturated carbocycles. The molecule has 1 atom stereocenters. The molecule has 40 heavy (non-hydrogen) atoms. The number of piperidine rings is 1. The minimum atomic E-state index is -0.245. The van der Waals surface area contributed by atoms with E-state index in [4.69, 9.17) is 0 Å². The zero-order valence-corrected chi connectivity index (χ0v) is 23.9. The number of aromatic nitrogens is 4. The standard InChI is InChI=1S/C31H39N7O2/c1-6-29(39)38(24-11-12-24)25-8-7-15-36(19-25)28-18-32-14-13-26(28)22-9-10-23(21(2)16-22)17-33-30(40)27-20-37(35-34-27)31(3,4)5/h6,9-10,13-14,16,18,20,24-25H,1,7-8,11-12,15,17,19H2,2-5H3,(H,33,40). The summed E-state index contributed by atoms with van der Waals surface area (Å²) in [6.07, 6.45) is 11.1. The molecule has 9 heteroatoms. The number of pyridine rings is 1. The molecule has 3 heterocycles. The first-order valence-corrected chi connectivity index (χ1v) is 14.1. The molecule has 1 aliphatic heterocycles. The smallest absolute Gasteiger partial charge is 0.273 e. The van der Waals surface area contributed by atoms with E-state index >= 15 is 0 Å². The van der Waals surface area contributed by atoms with Crippen molar-refractivity contribution in [2.24, 2.45) is 0 Å². The number of carbonyl (C=O) groups excluding carboxylic acids is 2. The van der Waals surface area contributed by atoms with Gasteiger partial charge in [-0.1, -0.05) is 30.0 Å². The number of rotatable bonds is 8. The van der Waals surface area contributed by atoms with E-state index in [1.54, 1.807) is 10.9 Å². The van der Waals surface area contributed by atoms with Crippen molar-refractivity contribution in [3.63, 3.8) is 0 Å². The van der Waals surface area contributed by atoms with Gasteiger partial charge in [0.1, 0.15) is 0 Å². The zero-order chi connectivity index (χ0) is 28.4. The van der Waals surface area contributed by atoms with Crippen molar-refractivity contribution in [3.05, 3.63) is 72.3 Å². The van der Waals surface area contributed by atoms with E-state index in [9.17, 15) is 9.59 Å². The second-order valence-electron chi connectivity index (χ2n) is 11.9. The van der Waals surface area contributed by atoms with Gasteiger partial charge in [0.2, 0.25) is 5.91 Å². The largest absolute Gasteiger partial charge is 0.368 e. The van der Waals surface area contributed by atoms with E-state index in [2.05, 4.69) is 68.2 Å². The van der Waals surface area contributed by atoms with Gasteiger partial charge in [0, 0.05) is 43.5 Å². The molecule has 1 saturated heterocycles. The first kappa shape index (κ1) is 27.6. The average molecular weight is 542 g/mol. The molecule has 2 aromatic heterocycles. The highest BCUT2D eigenvalue weighted by Gasteiger charge is 2.38. The maximum atomic E-state index is 12.7. The number of hydrogen-bond acceptors (Lipinski definition) is 6. The van der Waals surface area contributed by atoms with Crippen LogP contribution in [0.4, 0.5) is 5.69 Å². The zero-order valence-electron chi connectivity index (χ0n) is 23.9. The number of hydrogen-bond donors (Lipinski definition) is 1. The third kappa shape index (κ3) is 5.93. The van der Waals surface area contributed by atoms with Crippen LogP contribution in [0.3, 0.4) is 0 Å². The molecule has 0 radical (unpaired) electrons. The molecule has 0 spiro atoms. The Labute approximate surface area is 236 Å². The Morgan fingerprint density at radius 1 is 1.18 bits per heavy atom. The first-order chi connectivity index (χ1) is 19.2. The van der Waals surface area contributed by atoms with Crippen molar-refractivity contribution >= 4 is 17.5 Å². The van der Waals surface area contributed by atoms with Crippen molar-refractivity contribution in [1.82, 2.24) is 30.2 Å². The lowest BCUT2D eigenvalue weighted by molar-refractivity contribution is -0.129. The van der Waals surface area contributed by atoms with Crippen LogP contribution >= 0.6 is 0 Å². The van der Waals surface area contributed by atoms with Crippen LogP contribution in [0.5, 0.6) is 0 Å². The van der Waals surface area contributed by atoms with Crippen molar-refractivity contribution in [3.8, 4) is 11.1 Å². The topological polar surface area (TPSA) is 96.2 Å². The van der Waals surface area contributed by atoms with Crippen LogP contribution in [0.2, 0.25) is 0 Å². The lowest BCUT2D eigenvalue weighted by Gasteiger charge is -2.40. The van der Waals surface area contributed by atoms with E-state index < -0.39 is 0 Å². The highest BCUT2D eigenvalue weighted by atomic mass is 16.2. The van der Waals surface area contributed by atoms with E-state index in [1.807, 2.05) is 33.2 Å². The van der Waals surface area contributed by atoms with Crippen LogP contribution in [0.15, 0.2) is 55.5 Å². The van der Waals surface area contributed by atoms with Gasteiger partial charge < -0.3 is 15.1 Å². The number of amides is 2. The van der Waals surface area contributed by atoms with Gasteiger partial charge in [-0.15, -0.1) is 5.10 Å². The minimum absolute atomic E-state index is 0.0397. The van der Waals surface area contributed by atoms with Crippen LogP contribution < -0.4 is 10.2 Å². The van der Waals surface area contributed by atoms with Crippen LogP contribution in [0.1, 0.15) is 68.1 Å². The third-order valence-electron chi connectivity index (χ3n) is 7.81. The van der Waals surface area contributed by atoms with Gasteiger partial charge in [-0.3, -0.25) is 14.6 Å². The van der Waals surface area contributed by atoms with E-state index in [0.717, 1.165) is 66.7 Å². The van der Waals surface area contributed by atoms with Gasteiger partial charge >= 0.3 is 0 Å². The first-order valence-electron chi connectivity index (χ1n) is 14.1. The highest BCUT2D eigenvalue weighted by Crippen LogP contribution is 2.36. The Balaban J connectivity index is 1.30. The lowest BCUT2D eigenvalue weighted by atomic mass is 9.97. The number of nitrogens with one attached hydrogen (secondary N) is 1. The summed E-state index contributed by atoms with van der Waals surface area (Å²) in [7, 11) is 0. The van der Waals surface area contributed by atoms with Crippen LogP contribution in [-0.2, 0) is 16.9 Å². The molecule has 3 aromatic rings. The lowest BCUT2D eigenvalue weighted by Crippen LogP contribution is -2.51. The summed E-state index contributed by atoms with van der Waals surface area (Å²) in [5, 5.41) is 11.1. The van der Waals surface area contributed by atoms with Crippen molar-refractivity contribution in [1.29, 1.82) is 0 Å². The summed E-state index contributed by atoms with van der Waals surface area (Å²) >= 11 is 0. The molecule has 5 rings (SSSR count). The van der Waals surface area contributed by atoms with Crippen LogP contribution in [0.25, 0.3) is 11.1 Å². The monoisotopic (exact) mass is 541 g/mol. The summed E-state index contributed by atoms with van der Waals surface area (Å²) in [4.78, 5) is 34.2. The van der Waals surface area contributed by atoms with Gasteiger partial charge in [-0.2, -0.15) is 0 Å². The normalized spacial score (nSPS) is 17.4. The number of benzene rings is 1. The second kappa shape index (κ2) is 11.2. The van der Waals surface area contributed by atoms with Gasteiger partial charge in [0.05, 0.1) is 23.6 Å². The number of carbonyl (C=O) groups is 2. The molecule has 0 bridgehead atoms. The number of nitrogens with zero attached hydrogens (tertiary/aromatic N) is 6. The average Bonchev–Trinajstić information content (AvgIpc) is 3.63. The summed E-state index contributed by atoms with van der Waals surface area (Å²) in [5.41, 5.74) is 5.49. The fourth-order valence-electron chi connectivity index (χ4n) is 5.42. The maximum absolute atomic E-state index is 12.7. The van der Waals surface area contributed by atoms with Gasteiger partial charge in [-0.05, 0) is 82.2 Å². The molecule has 2 amide bonds. The quantitative estimate of drug-likeness (QED) is 0.423. The molecule has 1 aromatic carbocycles. The van der Waals surface area contributed by atoms with E-state index in [1.165, 1.54) is 6.08 Å². The molecule has 1 unspecified atom stereocenters. The molecule has 210 valence electrons. The van der Waals surface area contributed by atoms with Crippen molar-refractivity contribution < 1.29 is 9.59 Å². The Kier molecular flexibility index (Phi) is 7.74. The highest BCUT2D eigenvalue weighted by molar-refractivity contribution is 5.91. The Morgan fingerprint density at radius 3 is 2.65 bits per heavy atom. The number of aryl methyl sites for hydroxylation is 1. The van der Waals surface area contributed by atoms with Gasteiger partial charge in [0.15, 0.2) is 5.69 Å². The van der Waals surface area contributed by atoms with Gasteiger partial charge in [-0.25, -0.2) is 4.68 Å². The van der Waals surface area contributed by atoms with E-state index in [-0.39, 0.29) is 23.4 Å². The molecule has 9 nitrogen and oxygen atoms in total. The summed E-state index contributed by atoms with van der Waals surface area (Å²) < 4.78 is 1.69. The second-order valence-corrected chi connectivity index (χ2v) is 11.9. The van der Waals surface area contributed by atoms with Crippen LogP contribution in [-0.4, -0.2) is 61.9 Å². The Bertz CT molecular complexity index is 1400. The minimum Gasteiger partial charge on any atom is -0.368 e. The predicted octanol–water partition coefficient (Wildman–Crippen LogP) is 4.48. The van der Waals surface area contributed by atoms with E-state index in [0.29, 0.717) is 18.3 Å². The maximum Gasteiger partial charge on any atom is 0.273 e. The Morgan fingerprint density at radius 2 is 1.98 bits per heavy atom. The molecular formula is C31H39N7O2. The van der Waals surface area contributed by atoms with Gasteiger partial charge in [0.25, 0.3) is 5.91 Å². The molecular weight excluding hydrogens is 502 g/mol. The fourth-order valence-corrected chi connectivity index (χ4v) is 5.42. The number of anilines is 1. The predicted molar refractivity (Wildman–Crippen MR) is 156 cm³/mol. The molecule has 2 fully saturated rings. The third-order valence-corrected chi connectivity index (χ3v) is 7.81. The molecule has 2 aliphatic rings. The van der Waals surface area contributed by atoms with Crippen LogP contribution in [0, 0.1) is 6.92 Å². The van der Waals surface area contributed by atoms with Crippen molar-refractivity contribution in [2.75, 3.05) is 18.0 Å². The Hall–Kier alpha value is -4.01. The molecule has 1 N–H and O–H groups in total. The van der Waals surface area contributed by atoms with Crippen molar-refractivity contribution in [2.45, 2.75) is 77.5 Å². The SMILES string of the molecule is C=CC(=O)N(C1CC1)C1CCCN(c2cnccc2-c2ccc(CNC(=O)c3cn(C(C)(C)C)nn3)c(C)c2)C1.